The summed E-state index contributed by atoms with van der Waals surface area (Å²) in [6, 6.07) is 14.1. The van der Waals surface area contributed by atoms with Crippen LogP contribution in [-0.2, 0) is 6.54 Å². The van der Waals surface area contributed by atoms with Crippen molar-refractivity contribution in [3.8, 4) is 22.8 Å². The maximum atomic E-state index is 12.1. The van der Waals surface area contributed by atoms with E-state index in [9.17, 15) is 4.79 Å². The summed E-state index contributed by atoms with van der Waals surface area (Å²) in [7, 11) is 0. The highest BCUT2D eigenvalue weighted by atomic mass is 35.5. The summed E-state index contributed by atoms with van der Waals surface area (Å²) in [6.07, 6.45) is 0. The zero-order chi connectivity index (χ0) is 17.9. The summed E-state index contributed by atoms with van der Waals surface area (Å²) in [5.74, 6) is 1.76. The number of nitrogens with one attached hydrogen (secondary N) is 1. The van der Waals surface area contributed by atoms with Crippen LogP contribution in [0.15, 0.2) is 53.1 Å². The average Bonchev–Trinajstić information content (AvgIpc) is 3.15. The average molecular weight is 371 g/mol. The molecule has 1 N–H and O–H groups in total. The van der Waals surface area contributed by atoms with Crippen LogP contribution < -0.4 is 14.8 Å². The molecule has 0 saturated heterocycles. The Bertz CT molecular complexity index is 954. The third-order valence-corrected chi connectivity index (χ3v) is 4.14. The van der Waals surface area contributed by atoms with Crippen molar-refractivity contribution in [3.63, 3.8) is 0 Å². The van der Waals surface area contributed by atoms with Crippen molar-refractivity contribution in [1.82, 2.24) is 10.5 Å². The Hall–Kier alpha value is -2.99. The van der Waals surface area contributed by atoms with Crippen molar-refractivity contribution in [3.05, 3.63) is 64.8 Å². The first kappa shape index (κ1) is 16.5. The number of ether oxygens (including phenoxy) is 2. The standard InChI is InChI=1S/C19H15ClN2O4/c20-14-3-1-2-13(8-14)19(23)21-11-15-10-17(26-22-15)12-4-5-16-18(9-12)25-7-6-24-16/h1-5,8-10H,6-7,11H2,(H,21,23). The fourth-order valence-electron chi connectivity index (χ4n) is 2.63. The predicted octanol–water partition coefficient (Wildman–Crippen LogP) is 3.70. The van der Waals surface area contributed by atoms with Gasteiger partial charge in [0.15, 0.2) is 17.3 Å². The molecule has 2 heterocycles. The van der Waals surface area contributed by atoms with Gasteiger partial charge in [0.25, 0.3) is 5.91 Å². The van der Waals surface area contributed by atoms with Crippen molar-refractivity contribution in [1.29, 1.82) is 0 Å². The topological polar surface area (TPSA) is 73.6 Å². The number of carbonyl (C=O) groups is 1. The Morgan fingerprint density at radius 3 is 2.77 bits per heavy atom. The van der Waals surface area contributed by atoms with Crippen molar-refractivity contribution in [2.75, 3.05) is 13.2 Å². The summed E-state index contributed by atoms with van der Waals surface area (Å²) in [4.78, 5) is 12.1. The predicted molar refractivity (Wildman–Crippen MR) is 95.6 cm³/mol. The Morgan fingerprint density at radius 2 is 1.92 bits per heavy atom. The van der Waals surface area contributed by atoms with E-state index in [0.29, 0.717) is 46.8 Å². The first-order valence-corrected chi connectivity index (χ1v) is 8.46. The van der Waals surface area contributed by atoms with Gasteiger partial charge in [0.2, 0.25) is 0 Å². The third-order valence-electron chi connectivity index (χ3n) is 3.90. The van der Waals surface area contributed by atoms with Gasteiger partial charge in [0, 0.05) is 22.2 Å². The van der Waals surface area contributed by atoms with Gasteiger partial charge in [-0.05, 0) is 36.4 Å². The van der Waals surface area contributed by atoms with Crippen LogP contribution in [-0.4, -0.2) is 24.3 Å². The number of hydrogen-bond acceptors (Lipinski definition) is 5. The molecule has 1 aromatic heterocycles. The Balaban J connectivity index is 1.44. The van der Waals surface area contributed by atoms with Gasteiger partial charge >= 0.3 is 0 Å². The molecule has 1 amide bonds. The molecule has 1 aliphatic rings. The summed E-state index contributed by atoms with van der Waals surface area (Å²) in [5.41, 5.74) is 1.94. The fourth-order valence-corrected chi connectivity index (χ4v) is 2.82. The normalized spacial score (nSPS) is 12.7. The molecule has 3 aromatic rings. The second kappa shape index (κ2) is 7.09. The number of hydrogen-bond donors (Lipinski definition) is 1. The van der Waals surface area contributed by atoms with Crippen LogP contribution >= 0.6 is 11.6 Å². The van der Waals surface area contributed by atoms with Gasteiger partial charge in [-0.1, -0.05) is 22.8 Å². The van der Waals surface area contributed by atoms with Gasteiger partial charge in [-0.3, -0.25) is 4.79 Å². The summed E-state index contributed by atoms with van der Waals surface area (Å²) in [6.45, 7) is 1.32. The zero-order valence-corrected chi connectivity index (χ0v) is 14.5. The van der Waals surface area contributed by atoms with E-state index in [1.165, 1.54) is 0 Å². The molecule has 2 aromatic carbocycles. The van der Waals surface area contributed by atoms with E-state index < -0.39 is 0 Å². The molecule has 0 spiro atoms. The fraction of sp³-hybridized carbons (Fsp3) is 0.158. The van der Waals surface area contributed by atoms with Gasteiger partial charge < -0.3 is 19.3 Å². The second-order valence-electron chi connectivity index (χ2n) is 5.73. The van der Waals surface area contributed by atoms with Gasteiger partial charge in [0.05, 0.1) is 6.54 Å². The summed E-state index contributed by atoms with van der Waals surface area (Å²) >= 11 is 5.90. The van der Waals surface area contributed by atoms with Crippen LogP contribution in [0.5, 0.6) is 11.5 Å². The van der Waals surface area contributed by atoms with Crippen LogP contribution in [0.2, 0.25) is 5.02 Å². The highest BCUT2D eigenvalue weighted by Crippen LogP contribution is 2.34. The minimum Gasteiger partial charge on any atom is -0.486 e. The molecule has 7 heteroatoms. The Morgan fingerprint density at radius 1 is 1.08 bits per heavy atom. The van der Waals surface area contributed by atoms with E-state index in [1.807, 2.05) is 18.2 Å². The maximum absolute atomic E-state index is 12.1. The van der Waals surface area contributed by atoms with E-state index in [-0.39, 0.29) is 12.5 Å². The van der Waals surface area contributed by atoms with Crippen LogP contribution in [0.3, 0.4) is 0 Å². The van der Waals surface area contributed by atoms with Crippen molar-refractivity contribution >= 4 is 17.5 Å². The SMILES string of the molecule is O=C(NCc1cc(-c2ccc3c(c2)OCCO3)on1)c1cccc(Cl)c1. The molecule has 132 valence electrons. The number of halogens is 1. The molecule has 0 saturated carbocycles. The van der Waals surface area contributed by atoms with E-state index in [4.69, 9.17) is 25.6 Å². The van der Waals surface area contributed by atoms with E-state index in [0.717, 1.165) is 5.56 Å². The number of nitrogens with zero attached hydrogens (tertiary/aromatic N) is 1. The van der Waals surface area contributed by atoms with Crippen LogP contribution in [0, 0.1) is 0 Å². The molecule has 0 aliphatic carbocycles. The van der Waals surface area contributed by atoms with Crippen LogP contribution in [0.25, 0.3) is 11.3 Å². The number of rotatable bonds is 4. The number of aromatic nitrogens is 1. The van der Waals surface area contributed by atoms with Gasteiger partial charge in [-0.2, -0.15) is 0 Å². The zero-order valence-electron chi connectivity index (χ0n) is 13.7. The Kier molecular flexibility index (Phi) is 4.50. The first-order valence-electron chi connectivity index (χ1n) is 8.08. The molecule has 0 unspecified atom stereocenters. The number of carbonyl (C=O) groups excluding carboxylic acids is 1. The molecule has 4 rings (SSSR count). The van der Waals surface area contributed by atoms with Gasteiger partial charge in [-0.15, -0.1) is 0 Å². The lowest BCUT2D eigenvalue weighted by molar-refractivity contribution is 0.0950. The molecular weight excluding hydrogens is 356 g/mol. The highest BCUT2D eigenvalue weighted by Gasteiger charge is 2.15. The minimum atomic E-state index is -0.226. The molecule has 0 bridgehead atoms. The van der Waals surface area contributed by atoms with Crippen LogP contribution in [0.1, 0.15) is 16.1 Å². The molecule has 0 atom stereocenters. The smallest absolute Gasteiger partial charge is 0.251 e. The summed E-state index contributed by atoms with van der Waals surface area (Å²) in [5, 5.41) is 7.31. The first-order chi connectivity index (χ1) is 12.7. The van der Waals surface area contributed by atoms with Crippen molar-refractivity contribution < 1.29 is 18.8 Å². The minimum absolute atomic E-state index is 0.226. The van der Waals surface area contributed by atoms with E-state index in [2.05, 4.69) is 10.5 Å². The Labute approximate surface area is 154 Å². The molecule has 0 fully saturated rings. The second-order valence-corrected chi connectivity index (χ2v) is 6.17. The lowest BCUT2D eigenvalue weighted by Crippen LogP contribution is -2.22. The van der Waals surface area contributed by atoms with Crippen LogP contribution in [0.4, 0.5) is 0 Å². The maximum Gasteiger partial charge on any atom is 0.251 e. The number of benzene rings is 2. The monoisotopic (exact) mass is 370 g/mol. The molecule has 26 heavy (non-hydrogen) atoms. The van der Waals surface area contributed by atoms with Crippen molar-refractivity contribution in [2.45, 2.75) is 6.54 Å². The molecule has 6 nitrogen and oxygen atoms in total. The summed E-state index contributed by atoms with van der Waals surface area (Å²) < 4.78 is 16.5. The molecular formula is C19H15ClN2O4. The highest BCUT2D eigenvalue weighted by molar-refractivity contribution is 6.30. The van der Waals surface area contributed by atoms with Gasteiger partial charge in [-0.25, -0.2) is 0 Å². The quantitative estimate of drug-likeness (QED) is 0.758. The van der Waals surface area contributed by atoms with E-state index in [1.54, 1.807) is 30.3 Å². The third kappa shape index (κ3) is 3.50. The lowest BCUT2D eigenvalue weighted by atomic mass is 10.1. The van der Waals surface area contributed by atoms with Crippen molar-refractivity contribution in [2.24, 2.45) is 0 Å². The van der Waals surface area contributed by atoms with E-state index >= 15 is 0 Å². The lowest BCUT2D eigenvalue weighted by Gasteiger charge is -2.18. The largest absolute Gasteiger partial charge is 0.486 e. The number of fused-ring (bicyclic) bond motifs is 1. The van der Waals surface area contributed by atoms with Gasteiger partial charge in [0.1, 0.15) is 18.9 Å². The molecule has 1 aliphatic heterocycles. The molecule has 0 radical (unpaired) electrons. The number of amides is 1.